The first kappa shape index (κ1) is 17.0. The number of aryl methyl sites for hydroxylation is 1. The number of amides is 1. The smallest absolute Gasteiger partial charge is 0.244 e. The monoisotopic (exact) mass is 308 g/mol. The Bertz CT molecular complexity index is 690. The summed E-state index contributed by atoms with van der Waals surface area (Å²) in [6.07, 6.45) is 3.43. The van der Waals surface area contributed by atoms with Crippen molar-refractivity contribution in [1.29, 1.82) is 0 Å². The lowest BCUT2D eigenvalue weighted by Crippen LogP contribution is -2.22. The zero-order valence-corrected chi connectivity index (χ0v) is 14.0. The predicted octanol–water partition coefficient (Wildman–Crippen LogP) is 3.39. The maximum atomic E-state index is 12.0. The second kappa shape index (κ2) is 8.30. The number of carbonyl (C=O) groups is 1. The van der Waals surface area contributed by atoms with Gasteiger partial charge >= 0.3 is 0 Å². The molecule has 0 atom stereocenters. The summed E-state index contributed by atoms with van der Waals surface area (Å²) < 4.78 is 0. The Morgan fingerprint density at radius 1 is 1.09 bits per heavy atom. The van der Waals surface area contributed by atoms with E-state index in [1.807, 2.05) is 57.4 Å². The highest BCUT2D eigenvalue weighted by Gasteiger charge is 2.04. The molecule has 1 amide bonds. The quantitative estimate of drug-likeness (QED) is 0.830. The molecule has 0 heterocycles. The van der Waals surface area contributed by atoms with Gasteiger partial charge in [-0.25, -0.2) is 0 Å². The SMILES string of the molecule is Cc1cccc(/C=C/C(=O)NCc2ccccc2CN(C)C)c1. The first-order valence-corrected chi connectivity index (χ1v) is 7.78. The summed E-state index contributed by atoms with van der Waals surface area (Å²) in [6.45, 7) is 3.45. The van der Waals surface area contributed by atoms with Crippen LogP contribution in [0, 0.1) is 6.92 Å². The lowest BCUT2D eigenvalue weighted by Gasteiger charge is -2.14. The Morgan fingerprint density at radius 3 is 2.52 bits per heavy atom. The number of carbonyl (C=O) groups excluding carboxylic acids is 1. The van der Waals surface area contributed by atoms with Crippen molar-refractivity contribution in [1.82, 2.24) is 10.2 Å². The molecular weight excluding hydrogens is 284 g/mol. The molecule has 2 aromatic carbocycles. The lowest BCUT2D eigenvalue weighted by atomic mass is 10.1. The standard InChI is InChI=1S/C20H24N2O/c1-16-7-6-8-17(13-16)11-12-20(23)21-14-18-9-4-5-10-19(18)15-22(2)3/h4-13H,14-15H2,1-3H3,(H,21,23)/b12-11+. The lowest BCUT2D eigenvalue weighted by molar-refractivity contribution is -0.116. The summed E-state index contributed by atoms with van der Waals surface area (Å²) in [6, 6.07) is 16.3. The van der Waals surface area contributed by atoms with E-state index < -0.39 is 0 Å². The Hall–Kier alpha value is -2.39. The fraction of sp³-hybridized carbons (Fsp3) is 0.250. The third-order valence-electron chi connectivity index (χ3n) is 3.53. The molecule has 0 aromatic heterocycles. The molecule has 23 heavy (non-hydrogen) atoms. The summed E-state index contributed by atoms with van der Waals surface area (Å²) in [5.41, 5.74) is 4.61. The minimum Gasteiger partial charge on any atom is -0.348 e. The van der Waals surface area contributed by atoms with Crippen molar-refractivity contribution in [2.45, 2.75) is 20.0 Å². The average Bonchev–Trinajstić information content (AvgIpc) is 2.51. The Kier molecular flexibility index (Phi) is 6.12. The van der Waals surface area contributed by atoms with Crippen LogP contribution in [0.15, 0.2) is 54.6 Å². The van der Waals surface area contributed by atoms with Crippen molar-refractivity contribution >= 4 is 12.0 Å². The second-order valence-electron chi connectivity index (χ2n) is 5.97. The van der Waals surface area contributed by atoms with Gasteiger partial charge in [0.15, 0.2) is 0 Å². The van der Waals surface area contributed by atoms with Crippen LogP contribution >= 0.6 is 0 Å². The molecule has 2 rings (SSSR count). The van der Waals surface area contributed by atoms with Gasteiger partial charge in [-0.3, -0.25) is 4.79 Å². The van der Waals surface area contributed by atoms with E-state index in [1.54, 1.807) is 6.08 Å². The largest absolute Gasteiger partial charge is 0.348 e. The molecule has 0 aliphatic heterocycles. The Morgan fingerprint density at radius 2 is 1.83 bits per heavy atom. The number of rotatable bonds is 6. The zero-order valence-electron chi connectivity index (χ0n) is 14.0. The van der Waals surface area contributed by atoms with E-state index in [9.17, 15) is 4.79 Å². The van der Waals surface area contributed by atoms with Gasteiger partial charge in [-0.05, 0) is 43.8 Å². The van der Waals surface area contributed by atoms with Crippen molar-refractivity contribution < 1.29 is 4.79 Å². The molecule has 0 aliphatic carbocycles. The topological polar surface area (TPSA) is 32.3 Å². The van der Waals surface area contributed by atoms with Crippen molar-refractivity contribution in [3.8, 4) is 0 Å². The van der Waals surface area contributed by atoms with Crippen LogP contribution in [-0.4, -0.2) is 24.9 Å². The van der Waals surface area contributed by atoms with Crippen molar-refractivity contribution in [2.24, 2.45) is 0 Å². The van der Waals surface area contributed by atoms with Crippen LogP contribution in [0.2, 0.25) is 0 Å². The molecule has 2 aromatic rings. The molecule has 3 heteroatoms. The molecule has 1 N–H and O–H groups in total. The first-order valence-electron chi connectivity index (χ1n) is 7.78. The second-order valence-corrected chi connectivity index (χ2v) is 5.97. The van der Waals surface area contributed by atoms with E-state index in [1.165, 1.54) is 11.1 Å². The van der Waals surface area contributed by atoms with Crippen LogP contribution < -0.4 is 5.32 Å². The van der Waals surface area contributed by atoms with Crippen molar-refractivity contribution in [3.63, 3.8) is 0 Å². The van der Waals surface area contributed by atoms with Gasteiger partial charge in [0.25, 0.3) is 0 Å². The number of nitrogens with zero attached hydrogens (tertiary/aromatic N) is 1. The minimum atomic E-state index is -0.0776. The van der Waals surface area contributed by atoms with Gasteiger partial charge in [0.2, 0.25) is 5.91 Å². The summed E-state index contributed by atoms with van der Waals surface area (Å²) >= 11 is 0. The summed E-state index contributed by atoms with van der Waals surface area (Å²) in [5, 5.41) is 2.95. The minimum absolute atomic E-state index is 0.0776. The number of hydrogen-bond donors (Lipinski definition) is 1. The molecule has 0 bridgehead atoms. The maximum absolute atomic E-state index is 12.0. The van der Waals surface area contributed by atoms with Gasteiger partial charge in [0.05, 0.1) is 0 Å². The highest BCUT2D eigenvalue weighted by molar-refractivity contribution is 5.91. The molecule has 0 unspecified atom stereocenters. The van der Waals surface area contributed by atoms with Gasteiger partial charge in [0, 0.05) is 19.2 Å². The molecule has 0 fully saturated rings. The van der Waals surface area contributed by atoms with Gasteiger partial charge in [-0.2, -0.15) is 0 Å². The van der Waals surface area contributed by atoms with Crippen LogP contribution in [0.1, 0.15) is 22.3 Å². The van der Waals surface area contributed by atoms with Gasteiger partial charge < -0.3 is 10.2 Å². The van der Waals surface area contributed by atoms with E-state index in [-0.39, 0.29) is 5.91 Å². The molecule has 0 spiro atoms. The summed E-state index contributed by atoms with van der Waals surface area (Å²) in [7, 11) is 4.08. The molecule has 120 valence electrons. The summed E-state index contributed by atoms with van der Waals surface area (Å²) in [5.74, 6) is -0.0776. The maximum Gasteiger partial charge on any atom is 0.244 e. The van der Waals surface area contributed by atoms with E-state index in [4.69, 9.17) is 0 Å². The van der Waals surface area contributed by atoms with E-state index in [0.29, 0.717) is 6.54 Å². The molecule has 0 saturated carbocycles. The molecular formula is C20H24N2O. The number of nitrogens with one attached hydrogen (secondary N) is 1. The van der Waals surface area contributed by atoms with Crippen LogP contribution in [0.3, 0.4) is 0 Å². The normalized spacial score (nSPS) is 11.1. The zero-order chi connectivity index (χ0) is 16.7. The van der Waals surface area contributed by atoms with Gasteiger partial charge in [-0.1, -0.05) is 54.1 Å². The third-order valence-corrected chi connectivity index (χ3v) is 3.53. The van der Waals surface area contributed by atoms with E-state index >= 15 is 0 Å². The number of hydrogen-bond acceptors (Lipinski definition) is 2. The Labute approximate surface area is 138 Å². The molecule has 0 aliphatic rings. The van der Waals surface area contributed by atoms with Gasteiger partial charge in [0.1, 0.15) is 0 Å². The van der Waals surface area contributed by atoms with Gasteiger partial charge in [-0.15, -0.1) is 0 Å². The third kappa shape index (κ3) is 5.72. The van der Waals surface area contributed by atoms with Crippen LogP contribution in [-0.2, 0) is 17.9 Å². The van der Waals surface area contributed by atoms with E-state index in [2.05, 4.69) is 28.4 Å². The van der Waals surface area contributed by atoms with E-state index in [0.717, 1.165) is 17.7 Å². The highest BCUT2D eigenvalue weighted by atomic mass is 16.1. The molecule has 0 radical (unpaired) electrons. The van der Waals surface area contributed by atoms with Crippen molar-refractivity contribution in [2.75, 3.05) is 14.1 Å². The molecule has 3 nitrogen and oxygen atoms in total. The highest BCUT2D eigenvalue weighted by Crippen LogP contribution is 2.10. The van der Waals surface area contributed by atoms with Crippen molar-refractivity contribution in [3.05, 3.63) is 76.9 Å². The fourth-order valence-electron chi connectivity index (χ4n) is 2.41. The average molecular weight is 308 g/mol. The Balaban J connectivity index is 1.94. The van der Waals surface area contributed by atoms with Crippen LogP contribution in [0.4, 0.5) is 0 Å². The molecule has 0 saturated heterocycles. The fourth-order valence-corrected chi connectivity index (χ4v) is 2.41. The van der Waals surface area contributed by atoms with Crippen LogP contribution in [0.5, 0.6) is 0 Å². The van der Waals surface area contributed by atoms with Crippen LogP contribution in [0.25, 0.3) is 6.08 Å². The number of benzene rings is 2. The summed E-state index contributed by atoms with van der Waals surface area (Å²) in [4.78, 5) is 14.1. The predicted molar refractivity (Wildman–Crippen MR) is 95.9 cm³/mol. The first-order chi connectivity index (χ1) is 11.0.